The van der Waals surface area contributed by atoms with E-state index in [0.29, 0.717) is 35.7 Å². The minimum Gasteiger partial charge on any atom is -0.332 e. The second kappa shape index (κ2) is 11.3. The standard InChI is InChI=1S/C25H39N3O2/c1-7-10-13-20(9-3)24(29)28(17-18(4)5)19(6)23-26-22-15-12-11-14-21(22)25(30)27(23)16-8-2/h11-12,14-15,18-20H,7-10,13,16-17H2,1-6H3. The van der Waals surface area contributed by atoms with Crippen LogP contribution in [0.1, 0.15) is 85.5 Å². The Labute approximate surface area is 181 Å². The molecule has 5 nitrogen and oxygen atoms in total. The Morgan fingerprint density at radius 1 is 1.10 bits per heavy atom. The number of unbranched alkanes of at least 4 members (excludes halogenated alkanes) is 1. The maximum atomic E-state index is 13.6. The first-order valence-electron chi connectivity index (χ1n) is 11.6. The predicted molar refractivity (Wildman–Crippen MR) is 125 cm³/mol. The lowest BCUT2D eigenvalue weighted by molar-refractivity contribution is -0.139. The van der Waals surface area contributed by atoms with Gasteiger partial charge in [0.2, 0.25) is 5.91 Å². The summed E-state index contributed by atoms with van der Waals surface area (Å²) in [6.45, 7) is 13.9. The summed E-state index contributed by atoms with van der Waals surface area (Å²) < 4.78 is 1.78. The highest BCUT2D eigenvalue weighted by atomic mass is 16.2. The third-order valence-electron chi connectivity index (χ3n) is 5.77. The molecule has 0 radical (unpaired) electrons. The van der Waals surface area contributed by atoms with Gasteiger partial charge in [0.05, 0.1) is 16.9 Å². The number of carbonyl (C=O) groups is 1. The summed E-state index contributed by atoms with van der Waals surface area (Å²) in [4.78, 5) is 33.6. The van der Waals surface area contributed by atoms with Crippen LogP contribution in [0.3, 0.4) is 0 Å². The van der Waals surface area contributed by atoms with Gasteiger partial charge in [-0.1, -0.05) is 59.6 Å². The van der Waals surface area contributed by atoms with Gasteiger partial charge in [0.25, 0.3) is 5.56 Å². The normalized spacial score (nSPS) is 13.6. The molecule has 2 aromatic rings. The number of hydrogen-bond acceptors (Lipinski definition) is 3. The monoisotopic (exact) mass is 413 g/mol. The fourth-order valence-electron chi connectivity index (χ4n) is 4.10. The number of para-hydroxylation sites is 1. The molecular weight excluding hydrogens is 374 g/mol. The van der Waals surface area contributed by atoms with Crippen LogP contribution in [0.2, 0.25) is 0 Å². The number of rotatable bonds is 11. The molecular formula is C25H39N3O2. The number of carbonyl (C=O) groups excluding carboxylic acids is 1. The molecule has 0 aliphatic carbocycles. The van der Waals surface area contributed by atoms with Crippen molar-refractivity contribution in [2.45, 2.75) is 86.2 Å². The summed E-state index contributed by atoms with van der Waals surface area (Å²) in [6, 6.07) is 7.24. The van der Waals surface area contributed by atoms with Crippen molar-refractivity contribution in [2.75, 3.05) is 6.54 Å². The molecule has 2 unspecified atom stereocenters. The van der Waals surface area contributed by atoms with Crippen LogP contribution in [-0.4, -0.2) is 26.9 Å². The van der Waals surface area contributed by atoms with Gasteiger partial charge in [0.15, 0.2) is 0 Å². The first kappa shape index (κ1) is 24.1. The first-order chi connectivity index (χ1) is 14.3. The zero-order valence-corrected chi connectivity index (χ0v) is 19.6. The Kier molecular flexibility index (Phi) is 9.07. The first-order valence-corrected chi connectivity index (χ1v) is 11.6. The van der Waals surface area contributed by atoms with Gasteiger partial charge in [0.1, 0.15) is 5.82 Å². The van der Waals surface area contributed by atoms with Crippen LogP contribution in [0.25, 0.3) is 10.9 Å². The average molecular weight is 414 g/mol. The fraction of sp³-hybridized carbons (Fsp3) is 0.640. The van der Waals surface area contributed by atoms with Gasteiger partial charge in [-0.15, -0.1) is 0 Å². The number of aromatic nitrogens is 2. The van der Waals surface area contributed by atoms with Crippen LogP contribution in [0.5, 0.6) is 0 Å². The van der Waals surface area contributed by atoms with Gasteiger partial charge >= 0.3 is 0 Å². The van der Waals surface area contributed by atoms with E-state index in [1.54, 1.807) is 4.57 Å². The lowest BCUT2D eigenvalue weighted by Crippen LogP contribution is -2.42. The van der Waals surface area contributed by atoms with Crippen LogP contribution in [0.4, 0.5) is 0 Å². The van der Waals surface area contributed by atoms with Gasteiger partial charge in [-0.05, 0) is 44.2 Å². The zero-order chi connectivity index (χ0) is 22.3. The van der Waals surface area contributed by atoms with Crippen molar-refractivity contribution < 1.29 is 4.79 Å². The topological polar surface area (TPSA) is 55.2 Å². The Morgan fingerprint density at radius 3 is 2.40 bits per heavy atom. The molecule has 0 bridgehead atoms. The summed E-state index contributed by atoms with van der Waals surface area (Å²) in [5, 5.41) is 0.637. The highest BCUT2D eigenvalue weighted by molar-refractivity contribution is 5.80. The van der Waals surface area contributed by atoms with Gasteiger partial charge in [-0.2, -0.15) is 0 Å². The Balaban J connectivity index is 2.54. The van der Waals surface area contributed by atoms with E-state index in [4.69, 9.17) is 4.98 Å². The number of hydrogen-bond donors (Lipinski definition) is 0. The highest BCUT2D eigenvalue weighted by Gasteiger charge is 2.30. The Hall–Kier alpha value is -2.17. The summed E-state index contributed by atoms with van der Waals surface area (Å²) in [5.41, 5.74) is 0.686. The molecule has 5 heteroatoms. The molecule has 166 valence electrons. The molecule has 0 fully saturated rings. The molecule has 0 saturated carbocycles. The molecule has 1 heterocycles. The molecule has 0 aliphatic rings. The van der Waals surface area contributed by atoms with Crippen molar-refractivity contribution in [3.63, 3.8) is 0 Å². The van der Waals surface area contributed by atoms with E-state index in [1.807, 2.05) is 36.1 Å². The van der Waals surface area contributed by atoms with Crippen molar-refractivity contribution in [1.29, 1.82) is 0 Å². The van der Waals surface area contributed by atoms with Crippen molar-refractivity contribution >= 4 is 16.8 Å². The van der Waals surface area contributed by atoms with Gasteiger partial charge in [-0.3, -0.25) is 14.2 Å². The van der Waals surface area contributed by atoms with E-state index >= 15 is 0 Å². The molecule has 0 N–H and O–H groups in total. The molecule has 0 aliphatic heterocycles. The third kappa shape index (κ3) is 5.50. The van der Waals surface area contributed by atoms with E-state index in [1.165, 1.54) is 0 Å². The van der Waals surface area contributed by atoms with Crippen molar-refractivity contribution in [3.05, 3.63) is 40.4 Å². The molecule has 1 aromatic heterocycles. The van der Waals surface area contributed by atoms with E-state index in [9.17, 15) is 9.59 Å². The SMILES string of the molecule is CCCCC(CC)C(=O)N(CC(C)C)C(C)c1nc2ccccc2c(=O)n1CCC. The number of fused-ring (bicyclic) bond motifs is 1. The van der Waals surface area contributed by atoms with E-state index in [-0.39, 0.29) is 23.4 Å². The number of nitrogens with zero attached hydrogens (tertiary/aromatic N) is 3. The van der Waals surface area contributed by atoms with E-state index in [2.05, 4.69) is 34.6 Å². The minimum atomic E-state index is -0.251. The van der Waals surface area contributed by atoms with E-state index in [0.717, 1.165) is 32.1 Å². The largest absolute Gasteiger partial charge is 0.332 e. The fourth-order valence-corrected chi connectivity index (χ4v) is 4.10. The molecule has 2 rings (SSSR count). The zero-order valence-electron chi connectivity index (χ0n) is 19.6. The number of benzene rings is 1. The molecule has 1 amide bonds. The lowest BCUT2D eigenvalue weighted by atomic mass is 9.96. The summed E-state index contributed by atoms with van der Waals surface area (Å²) in [5.74, 6) is 1.25. The van der Waals surface area contributed by atoms with Crippen molar-refractivity contribution in [2.24, 2.45) is 11.8 Å². The van der Waals surface area contributed by atoms with Crippen LogP contribution in [-0.2, 0) is 11.3 Å². The van der Waals surface area contributed by atoms with Crippen LogP contribution in [0.15, 0.2) is 29.1 Å². The molecule has 2 atom stereocenters. The van der Waals surface area contributed by atoms with E-state index < -0.39 is 0 Å². The van der Waals surface area contributed by atoms with Crippen molar-refractivity contribution in [3.8, 4) is 0 Å². The summed E-state index contributed by atoms with van der Waals surface area (Å²) in [6.07, 6.45) is 4.74. The Morgan fingerprint density at radius 2 is 1.80 bits per heavy atom. The maximum Gasteiger partial charge on any atom is 0.261 e. The summed E-state index contributed by atoms with van der Waals surface area (Å²) >= 11 is 0. The second-order valence-electron chi connectivity index (χ2n) is 8.75. The van der Waals surface area contributed by atoms with Crippen molar-refractivity contribution in [1.82, 2.24) is 14.5 Å². The third-order valence-corrected chi connectivity index (χ3v) is 5.77. The van der Waals surface area contributed by atoms with Gasteiger partial charge in [-0.25, -0.2) is 4.98 Å². The molecule has 30 heavy (non-hydrogen) atoms. The molecule has 0 saturated heterocycles. The summed E-state index contributed by atoms with van der Waals surface area (Å²) in [7, 11) is 0. The van der Waals surface area contributed by atoms with Crippen LogP contribution in [0, 0.1) is 11.8 Å². The minimum absolute atomic E-state index is 0.0146. The smallest absolute Gasteiger partial charge is 0.261 e. The van der Waals surface area contributed by atoms with Gasteiger partial charge < -0.3 is 4.90 Å². The molecule has 1 aromatic carbocycles. The van der Waals surface area contributed by atoms with Gasteiger partial charge in [0, 0.05) is 19.0 Å². The second-order valence-corrected chi connectivity index (χ2v) is 8.75. The number of amides is 1. The maximum absolute atomic E-state index is 13.6. The molecule has 0 spiro atoms. The quantitative estimate of drug-likeness (QED) is 0.484. The van der Waals surface area contributed by atoms with Crippen LogP contribution < -0.4 is 5.56 Å². The highest BCUT2D eigenvalue weighted by Crippen LogP contribution is 2.26. The van der Waals surface area contributed by atoms with Crippen LogP contribution >= 0.6 is 0 Å². The average Bonchev–Trinajstić information content (AvgIpc) is 2.73. The predicted octanol–water partition coefficient (Wildman–Crippen LogP) is 5.57. The Bertz CT molecular complexity index is 888. The lowest BCUT2D eigenvalue weighted by Gasteiger charge is -2.34.